The van der Waals surface area contributed by atoms with Crippen LogP contribution < -0.4 is 10.6 Å². The quantitative estimate of drug-likeness (QED) is 0.653. The van der Waals surface area contributed by atoms with Crippen LogP contribution in [0.15, 0.2) is 0 Å². The van der Waals surface area contributed by atoms with Crippen molar-refractivity contribution in [1.82, 2.24) is 10.6 Å². The first-order valence-corrected chi connectivity index (χ1v) is 3.98. The van der Waals surface area contributed by atoms with Crippen LogP contribution in [0, 0.1) is 0 Å². The van der Waals surface area contributed by atoms with Crippen LogP contribution >= 0.6 is 0 Å². The van der Waals surface area contributed by atoms with E-state index in [-0.39, 0.29) is 18.0 Å². The minimum Gasteiger partial charge on any atom is -0.453 e. The summed E-state index contributed by atoms with van der Waals surface area (Å²) in [6.07, 6.45) is -0.607. The number of hydrogen-bond acceptors (Lipinski definition) is 3. The topological polar surface area (TPSA) is 67.4 Å². The highest BCUT2D eigenvalue weighted by Gasteiger charge is 2.13. The summed E-state index contributed by atoms with van der Waals surface area (Å²) in [6.45, 7) is 5.53. The fourth-order valence-corrected chi connectivity index (χ4v) is 0.687. The molecule has 5 nitrogen and oxygen atoms in total. The maximum Gasteiger partial charge on any atom is 0.407 e. The van der Waals surface area contributed by atoms with Crippen LogP contribution in [0.3, 0.4) is 0 Å². The van der Waals surface area contributed by atoms with Crippen molar-refractivity contribution >= 4 is 12.0 Å². The van der Waals surface area contributed by atoms with E-state index in [1.54, 1.807) is 0 Å². The Kier molecular flexibility index (Phi) is 4.23. The zero-order valence-electron chi connectivity index (χ0n) is 8.43. The van der Waals surface area contributed by atoms with Crippen LogP contribution in [0.25, 0.3) is 0 Å². The minimum atomic E-state index is -0.607. The van der Waals surface area contributed by atoms with Crippen LogP contribution in [0.5, 0.6) is 0 Å². The van der Waals surface area contributed by atoms with Gasteiger partial charge >= 0.3 is 6.09 Å². The van der Waals surface area contributed by atoms with E-state index in [0.717, 1.165) is 0 Å². The van der Waals surface area contributed by atoms with Crippen molar-refractivity contribution in [3.05, 3.63) is 0 Å². The highest BCUT2D eigenvalue weighted by atomic mass is 16.5. The Hall–Kier alpha value is -1.26. The zero-order valence-corrected chi connectivity index (χ0v) is 8.43. The van der Waals surface area contributed by atoms with Crippen LogP contribution in [-0.2, 0) is 9.53 Å². The Labute approximate surface area is 77.8 Å². The Morgan fingerprint density at radius 1 is 1.31 bits per heavy atom. The summed E-state index contributed by atoms with van der Waals surface area (Å²) in [7, 11) is 1.25. The summed E-state index contributed by atoms with van der Waals surface area (Å²) in [5, 5.41) is 4.97. The molecule has 0 rings (SSSR count). The van der Waals surface area contributed by atoms with Gasteiger partial charge in [-0.05, 0) is 20.8 Å². The molecule has 2 amide bonds. The molecule has 0 atom stereocenters. The number of ether oxygens (including phenoxy) is 1. The average molecular weight is 188 g/mol. The first-order chi connectivity index (χ1) is 5.85. The van der Waals surface area contributed by atoms with E-state index in [1.807, 2.05) is 20.8 Å². The number of carbonyl (C=O) groups excluding carboxylic acids is 2. The van der Waals surface area contributed by atoms with Gasteiger partial charge in [0.25, 0.3) is 0 Å². The summed E-state index contributed by atoms with van der Waals surface area (Å²) < 4.78 is 4.30. The van der Waals surface area contributed by atoms with Crippen LogP contribution in [0.1, 0.15) is 20.8 Å². The van der Waals surface area contributed by atoms with Crippen molar-refractivity contribution in [2.24, 2.45) is 0 Å². The molecule has 0 fully saturated rings. The van der Waals surface area contributed by atoms with Gasteiger partial charge in [0.05, 0.1) is 7.11 Å². The lowest BCUT2D eigenvalue weighted by Crippen LogP contribution is -2.45. The molecule has 0 aromatic heterocycles. The number of rotatable bonds is 2. The number of nitrogens with one attached hydrogen (secondary N) is 2. The van der Waals surface area contributed by atoms with Crippen LogP contribution in [-0.4, -0.2) is 31.2 Å². The van der Waals surface area contributed by atoms with Crippen LogP contribution in [0.2, 0.25) is 0 Å². The van der Waals surface area contributed by atoms with E-state index < -0.39 is 6.09 Å². The molecule has 13 heavy (non-hydrogen) atoms. The Morgan fingerprint density at radius 2 is 1.85 bits per heavy atom. The molecular formula is C8H16N2O3. The van der Waals surface area contributed by atoms with Crippen molar-refractivity contribution < 1.29 is 14.3 Å². The molecule has 76 valence electrons. The molecule has 0 saturated carbocycles. The average Bonchev–Trinajstić information content (AvgIpc) is 1.97. The lowest BCUT2D eigenvalue weighted by molar-refractivity contribution is -0.121. The molecule has 0 aliphatic heterocycles. The fraction of sp³-hybridized carbons (Fsp3) is 0.750. The van der Waals surface area contributed by atoms with E-state index in [4.69, 9.17) is 0 Å². The lowest BCUT2D eigenvalue weighted by atomic mass is 10.1. The van der Waals surface area contributed by atoms with Crippen LogP contribution in [0.4, 0.5) is 4.79 Å². The van der Waals surface area contributed by atoms with Gasteiger partial charge in [0, 0.05) is 5.54 Å². The van der Waals surface area contributed by atoms with Gasteiger partial charge in [0.2, 0.25) is 5.91 Å². The maximum atomic E-state index is 11.1. The SMILES string of the molecule is COC(=O)NCC(=O)NC(C)(C)C. The first-order valence-electron chi connectivity index (χ1n) is 3.98. The number of hydrogen-bond donors (Lipinski definition) is 2. The second-order valence-electron chi connectivity index (χ2n) is 3.64. The van der Waals surface area contributed by atoms with E-state index in [9.17, 15) is 9.59 Å². The van der Waals surface area contributed by atoms with E-state index in [0.29, 0.717) is 0 Å². The smallest absolute Gasteiger partial charge is 0.407 e. The number of amides is 2. The minimum absolute atomic E-state index is 0.0655. The molecule has 0 aromatic carbocycles. The largest absolute Gasteiger partial charge is 0.453 e. The predicted octanol–water partition coefficient (Wildman–Crippen LogP) is 0.257. The molecule has 0 aromatic rings. The van der Waals surface area contributed by atoms with Gasteiger partial charge in [-0.1, -0.05) is 0 Å². The van der Waals surface area contributed by atoms with Gasteiger partial charge < -0.3 is 15.4 Å². The molecule has 0 saturated heterocycles. The molecule has 0 radical (unpaired) electrons. The van der Waals surface area contributed by atoms with Gasteiger partial charge in [-0.15, -0.1) is 0 Å². The molecule has 0 spiro atoms. The fourth-order valence-electron chi connectivity index (χ4n) is 0.687. The van der Waals surface area contributed by atoms with Gasteiger partial charge in [0.1, 0.15) is 6.54 Å². The maximum absolute atomic E-state index is 11.1. The molecular weight excluding hydrogens is 172 g/mol. The Balaban J connectivity index is 3.71. The highest BCUT2D eigenvalue weighted by molar-refractivity contribution is 5.82. The molecule has 0 bridgehead atoms. The third-order valence-corrected chi connectivity index (χ3v) is 1.09. The Bertz CT molecular complexity index is 196. The summed E-state index contributed by atoms with van der Waals surface area (Å²) in [4.78, 5) is 21.7. The van der Waals surface area contributed by atoms with E-state index in [2.05, 4.69) is 15.4 Å². The summed E-state index contributed by atoms with van der Waals surface area (Å²) >= 11 is 0. The summed E-state index contributed by atoms with van der Waals surface area (Å²) in [6, 6.07) is 0. The third kappa shape index (κ3) is 7.11. The van der Waals surface area contributed by atoms with Crippen molar-refractivity contribution in [3.8, 4) is 0 Å². The standard InChI is InChI=1S/C8H16N2O3/c1-8(2,3)10-6(11)5-9-7(12)13-4/h5H2,1-4H3,(H,9,12)(H,10,11). The van der Waals surface area contributed by atoms with Gasteiger partial charge in [-0.2, -0.15) is 0 Å². The Morgan fingerprint density at radius 3 is 2.23 bits per heavy atom. The van der Waals surface area contributed by atoms with Gasteiger partial charge in [0.15, 0.2) is 0 Å². The summed E-state index contributed by atoms with van der Waals surface area (Å²) in [5.41, 5.74) is -0.283. The van der Waals surface area contributed by atoms with Crippen molar-refractivity contribution in [1.29, 1.82) is 0 Å². The summed E-state index contributed by atoms with van der Waals surface area (Å²) in [5.74, 6) is -0.238. The van der Waals surface area contributed by atoms with Crippen molar-refractivity contribution in [2.75, 3.05) is 13.7 Å². The van der Waals surface area contributed by atoms with Crippen molar-refractivity contribution in [3.63, 3.8) is 0 Å². The molecule has 0 aliphatic rings. The second kappa shape index (κ2) is 4.69. The molecule has 2 N–H and O–H groups in total. The van der Waals surface area contributed by atoms with E-state index >= 15 is 0 Å². The predicted molar refractivity (Wildman–Crippen MR) is 48.3 cm³/mol. The zero-order chi connectivity index (χ0) is 10.5. The molecule has 5 heteroatoms. The molecule has 0 unspecified atom stereocenters. The monoisotopic (exact) mass is 188 g/mol. The number of carbonyl (C=O) groups is 2. The third-order valence-electron chi connectivity index (χ3n) is 1.09. The van der Waals surface area contributed by atoms with Gasteiger partial charge in [-0.25, -0.2) is 4.79 Å². The first kappa shape index (κ1) is 11.7. The molecule has 0 heterocycles. The lowest BCUT2D eigenvalue weighted by Gasteiger charge is -2.20. The second-order valence-corrected chi connectivity index (χ2v) is 3.64. The number of alkyl carbamates (subject to hydrolysis) is 1. The van der Waals surface area contributed by atoms with E-state index in [1.165, 1.54) is 7.11 Å². The molecule has 0 aliphatic carbocycles. The highest BCUT2D eigenvalue weighted by Crippen LogP contribution is 1.96. The van der Waals surface area contributed by atoms with Gasteiger partial charge in [-0.3, -0.25) is 4.79 Å². The van der Waals surface area contributed by atoms with Crippen molar-refractivity contribution in [2.45, 2.75) is 26.3 Å². The number of methoxy groups -OCH3 is 1. The normalized spacial score (nSPS) is 10.5.